The molecule has 0 atom stereocenters. The molecule has 0 N–H and O–H groups in total. The van der Waals surface area contributed by atoms with E-state index in [0.717, 1.165) is 5.56 Å². The molecule has 0 radical (unpaired) electrons. The number of rotatable bonds is 3. The Labute approximate surface area is 123 Å². The average Bonchev–Trinajstić information content (AvgIpc) is 2.45. The Hall–Kier alpha value is -2.50. The molecular weight excluding hydrogens is 268 g/mol. The zero-order valence-corrected chi connectivity index (χ0v) is 12.4. The van der Waals surface area contributed by atoms with Crippen LogP contribution in [0.3, 0.4) is 0 Å². The van der Waals surface area contributed by atoms with Gasteiger partial charge in [-0.25, -0.2) is 4.79 Å². The second kappa shape index (κ2) is 6.30. The van der Waals surface area contributed by atoms with E-state index < -0.39 is 11.7 Å². The van der Waals surface area contributed by atoms with E-state index in [-0.39, 0.29) is 0 Å². The molecule has 2 rings (SSSR count). The molecule has 0 bridgehead atoms. The number of carbonyl (C=O) groups is 1. The summed E-state index contributed by atoms with van der Waals surface area (Å²) in [5.74, 6) is 0.406. The maximum Gasteiger partial charge on any atom is 0.416 e. The quantitative estimate of drug-likeness (QED) is 0.867. The maximum absolute atomic E-state index is 12.4. The number of nitrogens with zero attached hydrogens (tertiary/aromatic N) is 4. The summed E-state index contributed by atoms with van der Waals surface area (Å²) in [6.45, 7) is 5.83. The predicted octanol–water partition coefficient (Wildman–Crippen LogP) is 2.81. The van der Waals surface area contributed by atoms with E-state index in [1.54, 1.807) is 6.07 Å². The molecule has 0 aliphatic rings. The molecule has 0 aliphatic carbocycles. The van der Waals surface area contributed by atoms with E-state index >= 15 is 0 Å². The first kappa shape index (κ1) is 14.9. The smallest absolute Gasteiger partial charge is 0.416 e. The number of anilines is 1. The zero-order valence-electron chi connectivity index (χ0n) is 12.4. The van der Waals surface area contributed by atoms with Crippen LogP contribution in [0.15, 0.2) is 42.6 Å². The third kappa shape index (κ3) is 4.52. The van der Waals surface area contributed by atoms with Gasteiger partial charge in [-0.1, -0.05) is 30.3 Å². The molecule has 0 saturated carbocycles. The minimum absolute atomic E-state index is 0.356. The second-order valence-corrected chi connectivity index (χ2v) is 5.53. The summed E-state index contributed by atoms with van der Waals surface area (Å²) < 4.78 is 5.43. The van der Waals surface area contributed by atoms with Gasteiger partial charge in [0.1, 0.15) is 5.60 Å². The van der Waals surface area contributed by atoms with Gasteiger partial charge < -0.3 is 4.74 Å². The number of ether oxygens (including phenoxy) is 1. The lowest BCUT2D eigenvalue weighted by Gasteiger charge is -2.26. The van der Waals surface area contributed by atoms with Crippen LogP contribution in [0.5, 0.6) is 0 Å². The molecule has 0 aliphatic heterocycles. The summed E-state index contributed by atoms with van der Waals surface area (Å²) in [6, 6.07) is 11.3. The first-order chi connectivity index (χ1) is 9.96. The zero-order chi connectivity index (χ0) is 15.3. The van der Waals surface area contributed by atoms with Crippen molar-refractivity contribution in [3.05, 3.63) is 48.2 Å². The molecular formula is C15H18N4O2. The molecule has 6 nitrogen and oxygen atoms in total. The molecule has 0 fully saturated rings. The lowest BCUT2D eigenvalue weighted by Crippen LogP contribution is -2.37. The Bertz CT molecular complexity index is 582. The highest BCUT2D eigenvalue weighted by atomic mass is 16.6. The molecule has 0 unspecified atom stereocenters. The highest BCUT2D eigenvalue weighted by molar-refractivity contribution is 5.86. The van der Waals surface area contributed by atoms with Crippen LogP contribution in [-0.2, 0) is 11.3 Å². The molecule has 2 aromatic rings. The third-order valence-corrected chi connectivity index (χ3v) is 2.56. The van der Waals surface area contributed by atoms with Crippen molar-refractivity contribution in [2.75, 3.05) is 4.90 Å². The lowest BCUT2D eigenvalue weighted by molar-refractivity contribution is 0.0576. The molecule has 1 heterocycles. The number of hydrogen-bond donors (Lipinski definition) is 0. The van der Waals surface area contributed by atoms with Gasteiger partial charge >= 0.3 is 6.09 Å². The van der Waals surface area contributed by atoms with Gasteiger partial charge in [0.05, 0.1) is 12.7 Å². The van der Waals surface area contributed by atoms with Gasteiger partial charge in [-0.3, -0.25) is 4.90 Å². The number of carbonyl (C=O) groups excluding carboxylic acids is 1. The van der Waals surface area contributed by atoms with Crippen LogP contribution in [0.4, 0.5) is 10.6 Å². The van der Waals surface area contributed by atoms with E-state index in [4.69, 9.17) is 4.74 Å². The summed E-state index contributed by atoms with van der Waals surface area (Å²) >= 11 is 0. The molecule has 0 spiro atoms. The van der Waals surface area contributed by atoms with Crippen LogP contribution < -0.4 is 4.90 Å². The number of amides is 1. The fourth-order valence-corrected chi connectivity index (χ4v) is 1.70. The Balaban J connectivity index is 2.25. The highest BCUT2D eigenvalue weighted by Crippen LogP contribution is 2.17. The van der Waals surface area contributed by atoms with E-state index in [1.807, 2.05) is 51.1 Å². The molecule has 1 aromatic heterocycles. The van der Waals surface area contributed by atoms with Crippen molar-refractivity contribution in [3.63, 3.8) is 0 Å². The fourth-order valence-electron chi connectivity index (χ4n) is 1.70. The van der Waals surface area contributed by atoms with Gasteiger partial charge in [-0.15, -0.1) is 10.2 Å². The van der Waals surface area contributed by atoms with Gasteiger partial charge in [0, 0.05) is 6.07 Å². The van der Waals surface area contributed by atoms with Gasteiger partial charge in [-0.05, 0) is 31.5 Å². The van der Waals surface area contributed by atoms with Gasteiger partial charge in [0.2, 0.25) is 0 Å². The topological polar surface area (TPSA) is 68.2 Å². The van der Waals surface area contributed by atoms with Gasteiger partial charge in [0.15, 0.2) is 5.82 Å². The normalized spacial score (nSPS) is 11.0. The van der Waals surface area contributed by atoms with Crippen molar-refractivity contribution in [3.8, 4) is 0 Å². The van der Waals surface area contributed by atoms with Crippen molar-refractivity contribution >= 4 is 11.9 Å². The molecule has 0 saturated heterocycles. The average molecular weight is 286 g/mol. The maximum atomic E-state index is 12.4. The van der Waals surface area contributed by atoms with Crippen LogP contribution in [0, 0.1) is 0 Å². The molecule has 1 aromatic carbocycles. The van der Waals surface area contributed by atoms with Crippen LogP contribution in [0.2, 0.25) is 0 Å². The summed E-state index contributed by atoms with van der Waals surface area (Å²) in [5, 5.41) is 11.1. The van der Waals surface area contributed by atoms with E-state index in [1.165, 1.54) is 11.1 Å². The highest BCUT2D eigenvalue weighted by Gasteiger charge is 2.24. The van der Waals surface area contributed by atoms with Crippen LogP contribution in [-0.4, -0.2) is 27.1 Å². The van der Waals surface area contributed by atoms with Crippen LogP contribution in [0.1, 0.15) is 26.3 Å². The number of hydrogen-bond acceptors (Lipinski definition) is 5. The molecule has 21 heavy (non-hydrogen) atoms. The van der Waals surface area contributed by atoms with Gasteiger partial charge in [-0.2, -0.15) is 0 Å². The van der Waals surface area contributed by atoms with E-state index in [9.17, 15) is 4.79 Å². The van der Waals surface area contributed by atoms with E-state index in [0.29, 0.717) is 12.4 Å². The van der Waals surface area contributed by atoms with Crippen molar-refractivity contribution < 1.29 is 9.53 Å². The third-order valence-electron chi connectivity index (χ3n) is 2.56. The first-order valence-corrected chi connectivity index (χ1v) is 6.64. The van der Waals surface area contributed by atoms with Crippen molar-refractivity contribution in [1.29, 1.82) is 0 Å². The lowest BCUT2D eigenvalue weighted by atomic mass is 10.2. The van der Waals surface area contributed by atoms with Crippen LogP contribution >= 0.6 is 0 Å². The Morgan fingerprint density at radius 1 is 1.19 bits per heavy atom. The van der Waals surface area contributed by atoms with Crippen molar-refractivity contribution in [2.45, 2.75) is 32.9 Å². The standard InChI is InChI=1S/C15H18N4O2/c1-15(2,3)21-14(20)19(13-9-10-16-18-17-13)11-12-7-5-4-6-8-12/h4-10H,11H2,1-3H3. The van der Waals surface area contributed by atoms with Gasteiger partial charge in [0.25, 0.3) is 0 Å². The molecule has 6 heteroatoms. The van der Waals surface area contributed by atoms with Crippen LogP contribution in [0.25, 0.3) is 0 Å². The molecule has 1 amide bonds. The Kier molecular flexibility index (Phi) is 4.47. The number of aromatic nitrogens is 3. The van der Waals surface area contributed by atoms with E-state index in [2.05, 4.69) is 15.4 Å². The molecule has 110 valence electrons. The Morgan fingerprint density at radius 2 is 1.90 bits per heavy atom. The largest absolute Gasteiger partial charge is 0.443 e. The first-order valence-electron chi connectivity index (χ1n) is 6.64. The minimum atomic E-state index is -0.577. The Morgan fingerprint density at radius 3 is 2.48 bits per heavy atom. The monoisotopic (exact) mass is 286 g/mol. The second-order valence-electron chi connectivity index (χ2n) is 5.53. The summed E-state index contributed by atoms with van der Waals surface area (Å²) in [6.07, 6.45) is 1.02. The minimum Gasteiger partial charge on any atom is -0.443 e. The summed E-state index contributed by atoms with van der Waals surface area (Å²) in [5.41, 5.74) is 0.397. The SMILES string of the molecule is CC(C)(C)OC(=O)N(Cc1ccccc1)c1ccnnn1. The summed E-state index contributed by atoms with van der Waals surface area (Å²) in [4.78, 5) is 13.8. The van der Waals surface area contributed by atoms with Crippen molar-refractivity contribution in [1.82, 2.24) is 15.4 Å². The number of benzene rings is 1. The predicted molar refractivity (Wildman–Crippen MR) is 78.7 cm³/mol. The van der Waals surface area contributed by atoms with Crippen molar-refractivity contribution in [2.24, 2.45) is 0 Å². The fraction of sp³-hybridized carbons (Fsp3) is 0.333. The summed E-state index contributed by atoms with van der Waals surface area (Å²) in [7, 11) is 0.